The first-order valence-corrected chi connectivity index (χ1v) is 14.2. The Hall–Kier alpha value is -4.59. The van der Waals surface area contributed by atoms with Crippen LogP contribution in [0.4, 0.5) is 0 Å². The third-order valence-corrected chi connectivity index (χ3v) is 8.70. The number of rotatable bonds is 9. The normalized spacial score (nSPS) is 15.2. The number of para-hydroxylation sites is 1. The third kappa shape index (κ3) is 5.17. The highest BCUT2D eigenvalue weighted by atomic mass is 32.2. The molecule has 2 aromatic carbocycles. The Bertz CT molecular complexity index is 1690. The highest BCUT2D eigenvalue weighted by Gasteiger charge is 2.35. The van der Waals surface area contributed by atoms with Gasteiger partial charge in [0.05, 0.1) is 10.6 Å². The van der Waals surface area contributed by atoms with Crippen molar-refractivity contribution >= 4 is 27.9 Å². The standard InChI is InChI=1S/C30H29N5O4S/c1-5-16-34-29(36)26(21(4)27(19-31)30(34)37)18-23-20-35(24-13-9-8-10-14-24)32-28(23)22-12-11-15-25(17-22)40(38,39)33(6-2)7-3/h5,8-15,17-18,20H,1,6-7,16H2,2-4H3/b26-18+. The molecule has 4 rings (SSSR count). The van der Waals surface area contributed by atoms with Crippen LogP contribution in [0.2, 0.25) is 0 Å². The van der Waals surface area contributed by atoms with Crippen LogP contribution in [0, 0.1) is 11.3 Å². The van der Waals surface area contributed by atoms with Crippen LogP contribution in [0.1, 0.15) is 26.3 Å². The van der Waals surface area contributed by atoms with E-state index in [4.69, 9.17) is 5.10 Å². The van der Waals surface area contributed by atoms with Crippen LogP contribution < -0.4 is 0 Å². The summed E-state index contributed by atoms with van der Waals surface area (Å²) in [7, 11) is -3.73. The zero-order chi connectivity index (χ0) is 29.0. The molecule has 0 unspecified atom stereocenters. The molecule has 0 radical (unpaired) electrons. The second-order valence-electron chi connectivity index (χ2n) is 9.01. The van der Waals surface area contributed by atoms with E-state index in [2.05, 4.69) is 6.58 Å². The zero-order valence-corrected chi connectivity index (χ0v) is 23.4. The summed E-state index contributed by atoms with van der Waals surface area (Å²) in [6.07, 6.45) is 4.73. The molecule has 0 saturated heterocycles. The Morgan fingerprint density at radius 3 is 2.38 bits per heavy atom. The molecule has 0 spiro atoms. The summed E-state index contributed by atoms with van der Waals surface area (Å²) in [5.41, 5.74) is 2.51. The van der Waals surface area contributed by atoms with E-state index in [0.29, 0.717) is 29.9 Å². The molecular weight excluding hydrogens is 526 g/mol. The summed E-state index contributed by atoms with van der Waals surface area (Å²) in [5.74, 6) is -1.23. The van der Waals surface area contributed by atoms with E-state index in [-0.39, 0.29) is 28.2 Å². The molecule has 0 fully saturated rings. The smallest absolute Gasteiger partial charge is 0.270 e. The summed E-state index contributed by atoms with van der Waals surface area (Å²) in [4.78, 5) is 27.2. The van der Waals surface area contributed by atoms with Crippen molar-refractivity contribution in [3.05, 3.63) is 95.7 Å². The lowest BCUT2D eigenvalue weighted by atomic mass is 9.93. The molecule has 9 nitrogen and oxygen atoms in total. The quantitative estimate of drug-likeness (QED) is 0.220. The number of hydrogen-bond acceptors (Lipinski definition) is 6. The molecule has 204 valence electrons. The molecule has 2 heterocycles. The summed E-state index contributed by atoms with van der Waals surface area (Å²) < 4.78 is 29.5. The number of amides is 2. The second-order valence-corrected chi connectivity index (χ2v) is 10.9. The molecule has 3 aromatic rings. The topological polar surface area (TPSA) is 116 Å². The first-order chi connectivity index (χ1) is 19.2. The van der Waals surface area contributed by atoms with Gasteiger partial charge in [-0.15, -0.1) is 6.58 Å². The molecule has 10 heteroatoms. The van der Waals surface area contributed by atoms with Gasteiger partial charge in [-0.1, -0.05) is 50.3 Å². The number of nitriles is 1. The van der Waals surface area contributed by atoms with Crippen LogP contribution in [0.3, 0.4) is 0 Å². The number of carbonyl (C=O) groups is 2. The van der Waals surface area contributed by atoms with Gasteiger partial charge in [0.25, 0.3) is 11.8 Å². The number of sulfonamides is 1. The molecule has 0 atom stereocenters. The van der Waals surface area contributed by atoms with E-state index in [1.807, 2.05) is 36.4 Å². The Morgan fingerprint density at radius 1 is 1.05 bits per heavy atom. The highest BCUT2D eigenvalue weighted by Crippen LogP contribution is 2.32. The van der Waals surface area contributed by atoms with Crippen molar-refractivity contribution in [3.63, 3.8) is 0 Å². The summed E-state index contributed by atoms with van der Waals surface area (Å²) in [6.45, 7) is 9.35. The summed E-state index contributed by atoms with van der Waals surface area (Å²) in [5, 5.41) is 14.4. The first-order valence-electron chi connectivity index (χ1n) is 12.7. The van der Waals surface area contributed by atoms with Crippen LogP contribution in [0.15, 0.2) is 95.1 Å². The first kappa shape index (κ1) is 28.4. The number of aromatic nitrogens is 2. The maximum Gasteiger partial charge on any atom is 0.271 e. The van der Waals surface area contributed by atoms with Gasteiger partial charge in [-0.3, -0.25) is 14.5 Å². The SMILES string of the molecule is C=CCN1C(=O)C(C#N)=C(C)/C(=C\c2cn(-c3ccccc3)nc2-c2cccc(S(=O)(=O)N(CC)CC)c2)C1=O. The molecule has 1 aliphatic rings. The van der Waals surface area contributed by atoms with Crippen LogP contribution in [-0.4, -0.2) is 58.9 Å². The minimum absolute atomic E-state index is 0.0468. The van der Waals surface area contributed by atoms with Crippen LogP contribution in [-0.2, 0) is 19.6 Å². The van der Waals surface area contributed by atoms with Crippen LogP contribution >= 0.6 is 0 Å². The van der Waals surface area contributed by atoms with E-state index in [1.165, 1.54) is 10.4 Å². The molecule has 1 aliphatic heterocycles. The van der Waals surface area contributed by atoms with Crippen molar-refractivity contribution < 1.29 is 18.0 Å². The largest absolute Gasteiger partial charge is 0.271 e. The number of nitrogens with zero attached hydrogens (tertiary/aromatic N) is 5. The van der Waals surface area contributed by atoms with Crippen LogP contribution in [0.5, 0.6) is 0 Å². The monoisotopic (exact) mass is 555 g/mol. The predicted octanol–water partition coefficient (Wildman–Crippen LogP) is 4.35. The average molecular weight is 556 g/mol. The van der Waals surface area contributed by atoms with E-state index >= 15 is 0 Å². The van der Waals surface area contributed by atoms with Gasteiger partial charge in [-0.2, -0.15) is 14.7 Å². The van der Waals surface area contributed by atoms with Gasteiger partial charge in [0.15, 0.2) is 0 Å². The second kappa shape index (κ2) is 11.7. The molecule has 0 N–H and O–H groups in total. The van der Waals surface area contributed by atoms with E-state index in [0.717, 1.165) is 10.6 Å². The molecule has 1 aromatic heterocycles. The number of carbonyl (C=O) groups excluding carboxylic acids is 2. The van der Waals surface area contributed by atoms with Gasteiger partial charge in [0.2, 0.25) is 10.0 Å². The summed E-state index contributed by atoms with van der Waals surface area (Å²) in [6, 6.07) is 17.8. The molecule has 0 bridgehead atoms. The number of imide groups is 1. The average Bonchev–Trinajstić information content (AvgIpc) is 3.39. The van der Waals surface area contributed by atoms with E-state index < -0.39 is 21.8 Å². The highest BCUT2D eigenvalue weighted by molar-refractivity contribution is 7.89. The fourth-order valence-electron chi connectivity index (χ4n) is 4.53. The van der Waals surface area contributed by atoms with Gasteiger partial charge in [0, 0.05) is 42.5 Å². The Labute approximate surface area is 234 Å². The van der Waals surface area contributed by atoms with Crippen molar-refractivity contribution in [1.29, 1.82) is 5.26 Å². The number of hydrogen-bond donors (Lipinski definition) is 0. The maximum absolute atomic E-state index is 13.4. The molecular formula is C30H29N5O4S. The van der Waals surface area contributed by atoms with Crippen molar-refractivity contribution in [2.75, 3.05) is 19.6 Å². The fraction of sp³-hybridized carbons (Fsp3) is 0.200. The van der Waals surface area contributed by atoms with E-state index in [9.17, 15) is 23.3 Å². The number of benzene rings is 2. The maximum atomic E-state index is 13.4. The third-order valence-electron chi connectivity index (χ3n) is 6.65. The Morgan fingerprint density at radius 2 is 1.75 bits per heavy atom. The summed E-state index contributed by atoms with van der Waals surface area (Å²) >= 11 is 0. The lowest BCUT2D eigenvalue weighted by Gasteiger charge is -2.26. The van der Waals surface area contributed by atoms with Crippen LogP contribution in [0.25, 0.3) is 23.0 Å². The van der Waals surface area contributed by atoms with Crippen molar-refractivity contribution in [3.8, 4) is 23.0 Å². The van der Waals surface area contributed by atoms with Crippen molar-refractivity contribution in [2.45, 2.75) is 25.7 Å². The lowest BCUT2D eigenvalue weighted by molar-refractivity contribution is -0.139. The minimum Gasteiger partial charge on any atom is -0.270 e. The van der Waals surface area contributed by atoms with Gasteiger partial charge in [-0.05, 0) is 42.8 Å². The minimum atomic E-state index is -3.73. The van der Waals surface area contributed by atoms with Crippen molar-refractivity contribution in [1.82, 2.24) is 19.0 Å². The lowest BCUT2D eigenvalue weighted by Crippen LogP contribution is -2.42. The molecule has 0 saturated carbocycles. The molecule has 2 amide bonds. The van der Waals surface area contributed by atoms with Gasteiger partial charge in [-0.25, -0.2) is 13.1 Å². The Balaban J connectivity index is 1.95. The van der Waals surface area contributed by atoms with Gasteiger partial charge < -0.3 is 0 Å². The van der Waals surface area contributed by atoms with Gasteiger partial charge in [0.1, 0.15) is 17.3 Å². The van der Waals surface area contributed by atoms with Gasteiger partial charge >= 0.3 is 0 Å². The van der Waals surface area contributed by atoms with E-state index in [1.54, 1.807) is 62.0 Å². The fourth-order valence-corrected chi connectivity index (χ4v) is 6.03. The zero-order valence-electron chi connectivity index (χ0n) is 22.5. The Kier molecular flexibility index (Phi) is 8.28. The molecule has 0 aliphatic carbocycles. The predicted molar refractivity (Wildman–Crippen MR) is 152 cm³/mol. The van der Waals surface area contributed by atoms with Crippen molar-refractivity contribution in [2.24, 2.45) is 0 Å². The molecule has 40 heavy (non-hydrogen) atoms.